The van der Waals surface area contributed by atoms with Gasteiger partial charge in [-0.3, -0.25) is 14.9 Å². The van der Waals surface area contributed by atoms with Gasteiger partial charge >= 0.3 is 0 Å². The summed E-state index contributed by atoms with van der Waals surface area (Å²) in [4.78, 5) is 16.0. The fourth-order valence-corrected chi connectivity index (χ4v) is 3.87. The highest BCUT2D eigenvalue weighted by atomic mass is 32.2. The molecule has 1 aliphatic rings. The van der Waals surface area contributed by atoms with E-state index >= 15 is 0 Å². The van der Waals surface area contributed by atoms with Crippen LogP contribution in [-0.4, -0.2) is 47.1 Å². The summed E-state index contributed by atoms with van der Waals surface area (Å²) in [6, 6.07) is 1.39. The van der Waals surface area contributed by atoms with Crippen molar-refractivity contribution in [3.05, 3.63) is 24.2 Å². The molecule has 1 saturated heterocycles. The van der Waals surface area contributed by atoms with Crippen LogP contribution in [0, 0.1) is 0 Å². The number of aromatic amines is 1. The van der Waals surface area contributed by atoms with Gasteiger partial charge in [0.05, 0.1) is 22.4 Å². The Morgan fingerprint density at radius 1 is 1.47 bits per heavy atom. The Balaban J connectivity index is 1.81. The molecule has 1 unspecified atom stereocenters. The molecule has 0 saturated carbocycles. The SMILES string of the molecule is O=C(NC1CCS(=O)(=O)C1)c1n[nH]c2ccncc12. The normalized spacial score (nSPS) is 21.6. The second kappa shape index (κ2) is 4.30. The minimum atomic E-state index is -3.01. The van der Waals surface area contributed by atoms with Crippen LogP contribution in [0.5, 0.6) is 0 Å². The zero-order chi connectivity index (χ0) is 13.5. The number of hydrogen-bond acceptors (Lipinski definition) is 5. The standard InChI is InChI=1S/C11H12N4O3S/c16-11(13-7-2-4-19(17,18)6-7)10-8-5-12-3-1-9(8)14-15-10/h1,3,5,7H,2,4,6H2,(H,13,16)(H,14,15). The molecular formula is C11H12N4O3S. The predicted octanol–water partition coefficient (Wildman–Crippen LogP) is -0.125. The zero-order valence-electron chi connectivity index (χ0n) is 9.96. The summed E-state index contributed by atoms with van der Waals surface area (Å²) in [5.41, 5.74) is 0.964. The molecule has 0 bridgehead atoms. The third-order valence-electron chi connectivity index (χ3n) is 3.15. The number of rotatable bonds is 2. The Labute approximate surface area is 109 Å². The molecule has 8 heteroatoms. The van der Waals surface area contributed by atoms with Crippen LogP contribution in [0.2, 0.25) is 0 Å². The monoisotopic (exact) mass is 280 g/mol. The van der Waals surface area contributed by atoms with Crippen LogP contribution < -0.4 is 5.32 Å². The summed E-state index contributed by atoms with van der Waals surface area (Å²) < 4.78 is 22.7. The topological polar surface area (TPSA) is 105 Å². The number of H-pyrrole nitrogens is 1. The van der Waals surface area contributed by atoms with E-state index in [2.05, 4.69) is 20.5 Å². The average molecular weight is 280 g/mol. The molecule has 0 aliphatic carbocycles. The quantitative estimate of drug-likeness (QED) is 0.797. The number of fused-ring (bicyclic) bond motifs is 1. The second-order valence-electron chi connectivity index (χ2n) is 4.57. The molecule has 3 rings (SSSR count). The van der Waals surface area contributed by atoms with Gasteiger partial charge in [-0.15, -0.1) is 0 Å². The Bertz CT molecular complexity index is 737. The van der Waals surface area contributed by atoms with E-state index in [1.54, 1.807) is 18.5 Å². The third-order valence-corrected chi connectivity index (χ3v) is 4.92. The Morgan fingerprint density at radius 2 is 2.32 bits per heavy atom. The summed E-state index contributed by atoms with van der Waals surface area (Å²) in [7, 11) is -3.01. The first kappa shape index (κ1) is 12.1. The fourth-order valence-electron chi connectivity index (χ4n) is 2.19. The van der Waals surface area contributed by atoms with Crippen molar-refractivity contribution in [3.63, 3.8) is 0 Å². The molecule has 2 aromatic rings. The van der Waals surface area contributed by atoms with Crippen LogP contribution in [0.3, 0.4) is 0 Å². The van der Waals surface area contributed by atoms with Crippen molar-refractivity contribution in [1.82, 2.24) is 20.5 Å². The molecule has 1 atom stereocenters. The predicted molar refractivity (Wildman–Crippen MR) is 68.4 cm³/mol. The van der Waals surface area contributed by atoms with Gasteiger partial charge in [0.1, 0.15) is 0 Å². The molecule has 0 aromatic carbocycles. The number of nitrogens with zero attached hydrogens (tertiary/aromatic N) is 2. The van der Waals surface area contributed by atoms with Crippen molar-refractivity contribution in [2.24, 2.45) is 0 Å². The summed E-state index contributed by atoms with van der Waals surface area (Å²) >= 11 is 0. The van der Waals surface area contributed by atoms with E-state index in [4.69, 9.17) is 0 Å². The smallest absolute Gasteiger partial charge is 0.272 e. The molecule has 0 radical (unpaired) electrons. The van der Waals surface area contributed by atoms with E-state index in [1.165, 1.54) is 0 Å². The molecule has 19 heavy (non-hydrogen) atoms. The number of carbonyl (C=O) groups is 1. The van der Waals surface area contributed by atoms with Crippen molar-refractivity contribution in [1.29, 1.82) is 0 Å². The lowest BCUT2D eigenvalue weighted by Gasteiger charge is -2.09. The Hall–Kier alpha value is -1.96. The van der Waals surface area contributed by atoms with Crippen LogP contribution in [0.15, 0.2) is 18.5 Å². The summed E-state index contributed by atoms with van der Waals surface area (Å²) in [6.45, 7) is 0. The van der Waals surface area contributed by atoms with Crippen molar-refractivity contribution < 1.29 is 13.2 Å². The number of hydrogen-bond donors (Lipinski definition) is 2. The molecule has 1 amide bonds. The lowest BCUT2D eigenvalue weighted by atomic mass is 10.2. The molecule has 0 spiro atoms. The number of sulfone groups is 1. The van der Waals surface area contributed by atoms with Gasteiger partial charge in [-0.1, -0.05) is 0 Å². The van der Waals surface area contributed by atoms with Gasteiger partial charge in [0.25, 0.3) is 5.91 Å². The minimum Gasteiger partial charge on any atom is -0.347 e. The largest absolute Gasteiger partial charge is 0.347 e. The maximum absolute atomic E-state index is 12.1. The van der Waals surface area contributed by atoms with Gasteiger partial charge in [0.2, 0.25) is 0 Å². The van der Waals surface area contributed by atoms with Gasteiger partial charge in [0, 0.05) is 18.4 Å². The highest BCUT2D eigenvalue weighted by molar-refractivity contribution is 7.91. The van der Waals surface area contributed by atoms with Crippen LogP contribution in [0.4, 0.5) is 0 Å². The van der Waals surface area contributed by atoms with Gasteiger partial charge in [-0.25, -0.2) is 8.42 Å². The maximum Gasteiger partial charge on any atom is 0.272 e. The molecule has 2 aromatic heterocycles. The fraction of sp³-hybridized carbons (Fsp3) is 0.364. The van der Waals surface area contributed by atoms with E-state index in [1.807, 2.05) is 0 Å². The lowest BCUT2D eigenvalue weighted by Crippen LogP contribution is -2.35. The molecule has 3 heterocycles. The van der Waals surface area contributed by atoms with Crippen molar-refractivity contribution in [2.45, 2.75) is 12.5 Å². The van der Waals surface area contributed by atoms with E-state index < -0.39 is 9.84 Å². The lowest BCUT2D eigenvalue weighted by molar-refractivity contribution is 0.0937. The van der Waals surface area contributed by atoms with Crippen LogP contribution >= 0.6 is 0 Å². The summed E-state index contributed by atoms with van der Waals surface area (Å²) in [5.74, 6) is -0.249. The third kappa shape index (κ3) is 2.30. The first-order valence-electron chi connectivity index (χ1n) is 5.84. The zero-order valence-corrected chi connectivity index (χ0v) is 10.8. The van der Waals surface area contributed by atoms with Crippen LogP contribution in [0.25, 0.3) is 10.9 Å². The maximum atomic E-state index is 12.1. The van der Waals surface area contributed by atoms with Gasteiger partial charge in [-0.05, 0) is 12.5 Å². The van der Waals surface area contributed by atoms with E-state index in [9.17, 15) is 13.2 Å². The first-order valence-corrected chi connectivity index (χ1v) is 7.67. The van der Waals surface area contributed by atoms with Crippen molar-refractivity contribution >= 4 is 26.6 Å². The van der Waals surface area contributed by atoms with Crippen LogP contribution in [-0.2, 0) is 9.84 Å². The van der Waals surface area contributed by atoms with Gasteiger partial charge in [-0.2, -0.15) is 5.10 Å². The van der Waals surface area contributed by atoms with E-state index in [0.29, 0.717) is 11.8 Å². The summed E-state index contributed by atoms with van der Waals surface area (Å²) in [5, 5.41) is 10.0. The summed E-state index contributed by atoms with van der Waals surface area (Å²) in [6.07, 6.45) is 3.61. The number of nitrogens with one attached hydrogen (secondary N) is 2. The number of aromatic nitrogens is 3. The molecular weight excluding hydrogens is 268 g/mol. The van der Waals surface area contributed by atoms with E-state index in [0.717, 1.165) is 5.52 Å². The molecule has 7 nitrogen and oxygen atoms in total. The highest BCUT2D eigenvalue weighted by Crippen LogP contribution is 2.16. The van der Waals surface area contributed by atoms with Crippen molar-refractivity contribution in [2.75, 3.05) is 11.5 Å². The van der Waals surface area contributed by atoms with Crippen molar-refractivity contribution in [3.8, 4) is 0 Å². The molecule has 1 fully saturated rings. The van der Waals surface area contributed by atoms with Gasteiger partial charge in [0.15, 0.2) is 15.5 Å². The second-order valence-corrected chi connectivity index (χ2v) is 6.80. The number of carbonyl (C=O) groups excluding carboxylic acids is 1. The Kier molecular flexibility index (Phi) is 2.74. The van der Waals surface area contributed by atoms with Gasteiger partial charge < -0.3 is 5.32 Å². The first-order chi connectivity index (χ1) is 9.05. The number of pyridine rings is 1. The number of amides is 1. The van der Waals surface area contributed by atoms with Crippen LogP contribution in [0.1, 0.15) is 16.9 Å². The molecule has 100 valence electrons. The minimum absolute atomic E-state index is 0.000649. The highest BCUT2D eigenvalue weighted by Gasteiger charge is 2.29. The molecule has 2 N–H and O–H groups in total. The average Bonchev–Trinajstić information content (AvgIpc) is 2.92. The molecule has 1 aliphatic heterocycles. The van der Waals surface area contributed by atoms with E-state index in [-0.39, 0.29) is 29.1 Å². The Morgan fingerprint density at radius 3 is 3.05 bits per heavy atom.